The van der Waals surface area contributed by atoms with E-state index in [0.29, 0.717) is 5.76 Å². The van der Waals surface area contributed by atoms with Crippen LogP contribution in [0.3, 0.4) is 0 Å². The zero-order valence-electron chi connectivity index (χ0n) is 11.4. The van der Waals surface area contributed by atoms with Gasteiger partial charge in [-0.2, -0.15) is 5.26 Å². The van der Waals surface area contributed by atoms with Crippen LogP contribution < -0.4 is 0 Å². The molecule has 4 nitrogen and oxygen atoms in total. The van der Waals surface area contributed by atoms with Crippen molar-refractivity contribution in [3.8, 4) is 6.07 Å². The molecule has 0 aliphatic heterocycles. The van der Waals surface area contributed by atoms with E-state index in [9.17, 15) is 9.18 Å². The van der Waals surface area contributed by atoms with E-state index >= 15 is 0 Å². The first kappa shape index (κ1) is 16.3. The molecule has 114 valence electrons. The predicted octanol–water partition coefficient (Wildman–Crippen LogP) is 4.28. The van der Waals surface area contributed by atoms with E-state index < -0.39 is 11.7 Å². The number of hydrogen-bond acceptors (Lipinski definition) is 3. The number of hydrogen-bond donors (Lipinski definition) is 0. The van der Waals surface area contributed by atoms with E-state index in [1.165, 1.54) is 17.2 Å². The molecular weight excluding hydrogens is 330 g/mol. The van der Waals surface area contributed by atoms with Gasteiger partial charge in [0.05, 0.1) is 40.9 Å². The first-order valence-electron chi connectivity index (χ1n) is 6.36. The quantitative estimate of drug-likeness (QED) is 0.763. The Bertz CT molecular complexity index is 711. The summed E-state index contributed by atoms with van der Waals surface area (Å²) in [6.45, 7) is 0.338. The van der Waals surface area contributed by atoms with Crippen molar-refractivity contribution in [2.75, 3.05) is 6.54 Å². The Morgan fingerprint density at radius 3 is 2.77 bits per heavy atom. The van der Waals surface area contributed by atoms with E-state index in [0.717, 1.165) is 6.07 Å². The van der Waals surface area contributed by atoms with E-state index in [1.807, 2.05) is 6.07 Å². The van der Waals surface area contributed by atoms with Crippen LogP contribution in [0.1, 0.15) is 22.5 Å². The van der Waals surface area contributed by atoms with E-state index in [-0.39, 0.29) is 35.1 Å². The lowest BCUT2D eigenvalue weighted by Gasteiger charge is -2.21. The topological polar surface area (TPSA) is 57.2 Å². The third-order valence-electron chi connectivity index (χ3n) is 2.95. The smallest absolute Gasteiger partial charge is 0.255 e. The van der Waals surface area contributed by atoms with Crippen molar-refractivity contribution in [2.24, 2.45) is 0 Å². The summed E-state index contributed by atoms with van der Waals surface area (Å²) in [5.41, 5.74) is -0.00642. The largest absolute Gasteiger partial charge is 0.467 e. The van der Waals surface area contributed by atoms with Gasteiger partial charge >= 0.3 is 0 Å². The molecule has 0 unspecified atom stereocenters. The Hall–Kier alpha value is -2.03. The Morgan fingerprint density at radius 2 is 2.14 bits per heavy atom. The molecule has 0 fully saturated rings. The molecule has 0 atom stereocenters. The van der Waals surface area contributed by atoms with Crippen molar-refractivity contribution in [1.82, 2.24) is 4.90 Å². The molecule has 1 heterocycles. The zero-order valence-corrected chi connectivity index (χ0v) is 12.9. The molecule has 0 spiro atoms. The van der Waals surface area contributed by atoms with Gasteiger partial charge in [-0.3, -0.25) is 4.79 Å². The van der Waals surface area contributed by atoms with Crippen LogP contribution in [0.2, 0.25) is 10.0 Å². The fourth-order valence-corrected chi connectivity index (χ4v) is 2.35. The maximum atomic E-state index is 13.6. The van der Waals surface area contributed by atoms with Crippen molar-refractivity contribution in [3.63, 3.8) is 0 Å². The Kier molecular flexibility index (Phi) is 5.42. The number of furan rings is 1. The first-order valence-corrected chi connectivity index (χ1v) is 7.11. The van der Waals surface area contributed by atoms with Gasteiger partial charge in [0.25, 0.3) is 5.91 Å². The average Bonchev–Trinajstić information content (AvgIpc) is 2.99. The van der Waals surface area contributed by atoms with Crippen LogP contribution in [0.5, 0.6) is 0 Å². The number of rotatable bonds is 5. The summed E-state index contributed by atoms with van der Waals surface area (Å²) in [6, 6.07) is 7.54. The molecule has 2 aromatic rings. The standard InChI is InChI=1S/C15H11Cl2FN2O2/c16-12-8-13(17)14(18)7-11(12)15(21)20(5-2-4-19)9-10-3-1-6-22-10/h1,3,6-8H,2,5,9H2. The Morgan fingerprint density at radius 1 is 1.36 bits per heavy atom. The molecule has 0 bridgehead atoms. The van der Waals surface area contributed by atoms with Crippen molar-refractivity contribution in [1.29, 1.82) is 5.26 Å². The monoisotopic (exact) mass is 340 g/mol. The van der Waals surface area contributed by atoms with Gasteiger partial charge in [-0.15, -0.1) is 0 Å². The number of halogens is 3. The lowest BCUT2D eigenvalue weighted by molar-refractivity contribution is 0.0735. The molecule has 0 aliphatic carbocycles. The number of carbonyl (C=O) groups is 1. The number of nitrogens with zero attached hydrogens (tertiary/aromatic N) is 2. The number of benzene rings is 1. The van der Waals surface area contributed by atoms with Gasteiger partial charge in [0, 0.05) is 6.54 Å². The van der Waals surface area contributed by atoms with Gasteiger partial charge in [0.1, 0.15) is 11.6 Å². The molecule has 2 rings (SSSR count). The number of carbonyl (C=O) groups excluding carboxylic acids is 1. The van der Waals surface area contributed by atoms with Crippen LogP contribution in [0.15, 0.2) is 34.9 Å². The average molecular weight is 341 g/mol. The van der Waals surface area contributed by atoms with Gasteiger partial charge in [-0.05, 0) is 24.3 Å². The van der Waals surface area contributed by atoms with Crippen LogP contribution in [-0.4, -0.2) is 17.4 Å². The maximum Gasteiger partial charge on any atom is 0.255 e. The second-order valence-electron chi connectivity index (χ2n) is 4.46. The highest BCUT2D eigenvalue weighted by Gasteiger charge is 2.21. The number of amides is 1. The molecule has 0 saturated heterocycles. The van der Waals surface area contributed by atoms with Crippen LogP contribution in [0, 0.1) is 17.1 Å². The van der Waals surface area contributed by atoms with Crippen molar-refractivity contribution >= 4 is 29.1 Å². The van der Waals surface area contributed by atoms with Crippen LogP contribution >= 0.6 is 23.2 Å². The minimum atomic E-state index is -0.729. The summed E-state index contributed by atoms with van der Waals surface area (Å²) < 4.78 is 18.8. The summed E-state index contributed by atoms with van der Waals surface area (Å²) >= 11 is 11.6. The summed E-state index contributed by atoms with van der Waals surface area (Å²) in [5, 5.41) is 8.61. The van der Waals surface area contributed by atoms with Gasteiger partial charge < -0.3 is 9.32 Å². The van der Waals surface area contributed by atoms with Crippen molar-refractivity contribution in [2.45, 2.75) is 13.0 Å². The van der Waals surface area contributed by atoms with Crippen molar-refractivity contribution in [3.05, 3.63) is 57.7 Å². The van der Waals surface area contributed by atoms with Gasteiger partial charge in [-0.25, -0.2) is 4.39 Å². The second kappa shape index (κ2) is 7.30. The molecule has 1 aromatic heterocycles. The zero-order chi connectivity index (χ0) is 16.1. The van der Waals surface area contributed by atoms with Crippen molar-refractivity contribution < 1.29 is 13.6 Å². The van der Waals surface area contributed by atoms with Crippen LogP contribution in [-0.2, 0) is 6.54 Å². The van der Waals surface area contributed by atoms with Crippen LogP contribution in [0.25, 0.3) is 0 Å². The van der Waals surface area contributed by atoms with Gasteiger partial charge in [0.2, 0.25) is 0 Å². The highest BCUT2D eigenvalue weighted by atomic mass is 35.5. The van der Waals surface area contributed by atoms with Gasteiger partial charge in [-0.1, -0.05) is 23.2 Å². The third kappa shape index (κ3) is 3.79. The molecule has 1 amide bonds. The Balaban J connectivity index is 2.28. The van der Waals surface area contributed by atoms with E-state index in [1.54, 1.807) is 12.1 Å². The summed E-state index contributed by atoms with van der Waals surface area (Å²) in [4.78, 5) is 13.9. The lowest BCUT2D eigenvalue weighted by Crippen LogP contribution is -2.31. The normalized spacial score (nSPS) is 10.3. The molecule has 0 N–H and O–H groups in total. The number of nitriles is 1. The SMILES string of the molecule is N#CCCN(Cc1ccco1)C(=O)c1cc(F)c(Cl)cc1Cl. The second-order valence-corrected chi connectivity index (χ2v) is 5.27. The highest BCUT2D eigenvalue weighted by Crippen LogP contribution is 2.26. The molecule has 0 aliphatic rings. The van der Waals surface area contributed by atoms with Gasteiger partial charge in [0.15, 0.2) is 0 Å². The molecular formula is C15H11Cl2FN2O2. The third-order valence-corrected chi connectivity index (χ3v) is 3.55. The predicted molar refractivity (Wildman–Crippen MR) is 80.1 cm³/mol. The highest BCUT2D eigenvalue weighted by molar-refractivity contribution is 6.36. The minimum absolute atomic E-state index is 0.00642. The Labute approximate surface area is 136 Å². The molecule has 1 aromatic carbocycles. The first-order chi connectivity index (χ1) is 10.5. The summed E-state index contributed by atoms with van der Waals surface area (Å²) in [5.74, 6) is -0.670. The summed E-state index contributed by atoms with van der Waals surface area (Å²) in [7, 11) is 0. The molecule has 0 saturated carbocycles. The molecule has 0 radical (unpaired) electrons. The summed E-state index contributed by atoms with van der Waals surface area (Å²) in [6.07, 6.45) is 1.62. The van der Waals surface area contributed by atoms with Crippen LogP contribution in [0.4, 0.5) is 4.39 Å². The minimum Gasteiger partial charge on any atom is -0.467 e. The molecule has 7 heteroatoms. The van der Waals surface area contributed by atoms with E-state index in [4.69, 9.17) is 32.9 Å². The molecule has 22 heavy (non-hydrogen) atoms. The maximum absolute atomic E-state index is 13.6. The fraction of sp³-hybridized carbons (Fsp3) is 0.200. The van der Waals surface area contributed by atoms with E-state index in [2.05, 4.69) is 0 Å². The lowest BCUT2D eigenvalue weighted by atomic mass is 10.1. The fourth-order valence-electron chi connectivity index (χ4n) is 1.88.